The van der Waals surface area contributed by atoms with E-state index in [-0.39, 0.29) is 30.1 Å². The Bertz CT molecular complexity index is 547. The van der Waals surface area contributed by atoms with E-state index in [9.17, 15) is 4.79 Å². The third-order valence-corrected chi connectivity index (χ3v) is 5.79. The third-order valence-electron chi connectivity index (χ3n) is 5.79. The standard InChI is InChI=1S/C18H29BN2O3/c1-17(2)18(3,4)24-19(23-17)15-8-6-14(7-9-15)16(22)21-12-10-20(5)11-13-21/h6,8-9,14H,7,10-13H2,1-5H3. The van der Waals surface area contributed by atoms with Crippen molar-refractivity contribution in [1.29, 1.82) is 0 Å². The molecule has 2 aliphatic heterocycles. The molecule has 0 aromatic heterocycles. The first-order chi connectivity index (χ1) is 11.2. The van der Waals surface area contributed by atoms with Gasteiger partial charge in [-0.3, -0.25) is 4.79 Å². The second-order valence-electron chi connectivity index (χ2n) is 8.12. The van der Waals surface area contributed by atoms with Crippen molar-refractivity contribution in [2.45, 2.75) is 45.3 Å². The van der Waals surface area contributed by atoms with Crippen LogP contribution in [0.1, 0.15) is 34.1 Å². The average molecular weight is 332 g/mol. The van der Waals surface area contributed by atoms with Crippen LogP contribution in [0.4, 0.5) is 0 Å². The van der Waals surface area contributed by atoms with Gasteiger partial charge in [-0.25, -0.2) is 0 Å². The van der Waals surface area contributed by atoms with Crippen LogP contribution in [0.5, 0.6) is 0 Å². The van der Waals surface area contributed by atoms with E-state index in [1.165, 1.54) is 0 Å². The minimum absolute atomic E-state index is 0.0559. The van der Waals surface area contributed by atoms with Gasteiger partial charge in [0.2, 0.25) is 5.91 Å². The maximum atomic E-state index is 12.7. The zero-order valence-corrected chi connectivity index (χ0v) is 15.5. The van der Waals surface area contributed by atoms with E-state index in [0.717, 1.165) is 38.1 Å². The largest absolute Gasteiger partial charge is 0.494 e. The molecule has 0 radical (unpaired) electrons. The Morgan fingerprint density at radius 2 is 1.71 bits per heavy atom. The SMILES string of the molecule is CN1CCN(C(=O)C2C=CC(B3OC(C)(C)C(C)(C)O3)=CC2)CC1. The second kappa shape index (κ2) is 6.32. The van der Waals surface area contributed by atoms with Crippen LogP contribution in [-0.2, 0) is 14.1 Å². The van der Waals surface area contributed by atoms with Gasteiger partial charge in [0, 0.05) is 26.2 Å². The van der Waals surface area contributed by atoms with Crippen LogP contribution in [0.15, 0.2) is 23.7 Å². The van der Waals surface area contributed by atoms with Crippen molar-refractivity contribution in [3.8, 4) is 0 Å². The molecule has 1 amide bonds. The van der Waals surface area contributed by atoms with Gasteiger partial charge in [0.1, 0.15) is 0 Å². The molecule has 3 rings (SSSR count). The summed E-state index contributed by atoms with van der Waals surface area (Å²) in [5.41, 5.74) is 0.355. The number of amides is 1. The Labute approximate surface area is 145 Å². The number of nitrogens with zero attached hydrogens (tertiary/aromatic N) is 2. The lowest BCUT2D eigenvalue weighted by Crippen LogP contribution is -2.48. The summed E-state index contributed by atoms with van der Waals surface area (Å²) in [6.45, 7) is 11.8. The number of rotatable bonds is 2. The average Bonchev–Trinajstić information content (AvgIpc) is 2.76. The number of allylic oxidation sites excluding steroid dienone is 3. The lowest BCUT2D eigenvalue weighted by Gasteiger charge is -2.34. The fourth-order valence-corrected chi connectivity index (χ4v) is 3.24. The highest BCUT2D eigenvalue weighted by atomic mass is 16.7. The highest BCUT2D eigenvalue weighted by molar-refractivity contribution is 6.55. The van der Waals surface area contributed by atoms with E-state index in [0.29, 0.717) is 0 Å². The maximum absolute atomic E-state index is 12.7. The summed E-state index contributed by atoms with van der Waals surface area (Å²) in [7, 11) is 1.76. The van der Waals surface area contributed by atoms with Crippen LogP contribution in [0.2, 0.25) is 0 Å². The Morgan fingerprint density at radius 1 is 1.12 bits per heavy atom. The van der Waals surface area contributed by atoms with Gasteiger partial charge < -0.3 is 19.1 Å². The number of carbonyl (C=O) groups is 1. The summed E-state index contributed by atoms with van der Waals surface area (Å²) in [5.74, 6) is 0.183. The molecular formula is C18H29BN2O3. The lowest BCUT2D eigenvalue weighted by atomic mass is 9.74. The Balaban J connectivity index is 1.59. The van der Waals surface area contributed by atoms with Gasteiger partial charge in [-0.05, 0) is 46.6 Å². The molecule has 0 bridgehead atoms. The zero-order chi connectivity index (χ0) is 17.5. The molecule has 0 aromatic rings. The molecule has 6 heteroatoms. The first kappa shape index (κ1) is 17.7. The molecule has 0 spiro atoms. The molecule has 132 valence electrons. The molecule has 1 atom stereocenters. The van der Waals surface area contributed by atoms with E-state index < -0.39 is 0 Å². The summed E-state index contributed by atoms with van der Waals surface area (Å²) < 4.78 is 12.2. The Kier molecular flexibility index (Phi) is 4.66. The minimum Gasteiger partial charge on any atom is -0.399 e. The van der Waals surface area contributed by atoms with Crippen molar-refractivity contribution < 1.29 is 14.1 Å². The summed E-state index contributed by atoms with van der Waals surface area (Å²) in [4.78, 5) is 16.9. The number of carbonyl (C=O) groups excluding carboxylic acids is 1. The normalized spacial score (nSPS) is 29.7. The molecule has 3 aliphatic rings. The maximum Gasteiger partial charge on any atom is 0.494 e. The van der Waals surface area contributed by atoms with E-state index >= 15 is 0 Å². The number of hydrogen-bond donors (Lipinski definition) is 0. The fourth-order valence-electron chi connectivity index (χ4n) is 3.24. The molecular weight excluding hydrogens is 303 g/mol. The van der Waals surface area contributed by atoms with Crippen molar-refractivity contribution in [3.63, 3.8) is 0 Å². The van der Waals surface area contributed by atoms with Crippen LogP contribution in [0.3, 0.4) is 0 Å². The van der Waals surface area contributed by atoms with Crippen molar-refractivity contribution in [2.24, 2.45) is 5.92 Å². The van der Waals surface area contributed by atoms with Gasteiger partial charge in [-0.15, -0.1) is 0 Å². The number of hydrogen-bond acceptors (Lipinski definition) is 4. The Morgan fingerprint density at radius 3 is 2.21 bits per heavy atom. The van der Waals surface area contributed by atoms with Gasteiger partial charge in [-0.1, -0.05) is 18.2 Å². The molecule has 5 nitrogen and oxygen atoms in total. The zero-order valence-electron chi connectivity index (χ0n) is 15.5. The molecule has 24 heavy (non-hydrogen) atoms. The van der Waals surface area contributed by atoms with Crippen molar-refractivity contribution in [2.75, 3.05) is 33.2 Å². The minimum atomic E-state index is -0.342. The summed E-state index contributed by atoms with van der Waals surface area (Å²) >= 11 is 0. The van der Waals surface area contributed by atoms with Crippen LogP contribution in [-0.4, -0.2) is 67.3 Å². The molecule has 1 aliphatic carbocycles. The van der Waals surface area contributed by atoms with Crippen molar-refractivity contribution in [3.05, 3.63) is 23.7 Å². The number of piperazine rings is 1. The van der Waals surface area contributed by atoms with Gasteiger partial charge in [0.05, 0.1) is 17.1 Å². The smallest absolute Gasteiger partial charge is 0.399 e. The Hall–Kier alpha value is -1.11. The molecule has 2 heterocycles. The fraction of sp³-hybridized carbons (Fsp3) is 0.722. The summed E-state index contributed by atoms with van der Waals surface area (Å²) in [6.07, 6.45) is 6.84. The topological polar surface area (TPSA) is 42.0 Å². The summed E-state index contributed by atoms with van der Waals surface area (Å²) in [5, 5.41) is 0. The van der Waals surface area contributed by atoms with Crippen molar-refractivity contribution in [1.82, 2.24) is 9.80 Å². The molecule has 2 saturated heterocycles. The lowest BCUT2D eigenvalue weighted by molar-refractivity contribution is -0.135. The molecule has 2 fully saturated rings. The number of likely N-dealkylation sites (N-methyl/N-ethyl adjacent to an activating group) is 1. The predicted octanol–water partition coefficient (Wildman–Crippen LogP) is 1.89. The highest BCUT2D eigenvalue weighted by Crippen LogP contribution is 2.39. The second-order valence-corrected chi connectivity index (χ2v) is 8.12. The van der Waals surface area contributed by atoms with E-state index in [2.05, 4.69) is 45.7 Å². The van der Waals surface area contributed by atoms with E-state index in [1.807, 2.05) is 17.1 Å². The molecule has 1 unspecified atom stereocenters. The first-order valence-corrected chi connectivity index (χ1v) is 8.91. The van der Waals surface area contributed by atoms with Crippen LogP contribution in [0, 0.1) is 5.92 Å². The molecule has 0 saturated carbocycles. The van der Waals surface area contributed by atoms with Gasteiger partial charge in [-0.2, -0.15) is 0 Å². The predicted molar refractivity (Wildman–Crippen MR) is 95.5 cm³/mol. The van der Waals surface area contributed by atoms with Crippen LogP contribution >= 0.6 is 0 Å². The highest BCUT2D eigenvalue weighted by Gasteiger charge is 2.52. The third kappa shape index (κ3) is 3.32. The quantitative estimate of drug-likeness (QED) is 0.725. The van der Waals surface area contributed by atoms with Gasteiger partial charge >= 0.3 is 7.12 Å². The molecule has 0 N–H and O–H groups in total. The van der Waals surface area contributed by atoms with Gasteiger partial charge in [0.15, 0.2) is 0 Å². The van der Waals surface area contributed by atoms with E-state index in [4.69, 9.17) is 9.31 Å². The monoisotopic (exact) mass is 332 g/mol. The van der Waals surface area contributed by atoms with Crippen LogP contribution < -0.4 is 0 Å². The first-order valence-electron chi connectivity index (χ1n) is 8.91. The van der Waals surface area contributed by atoms with Crippen LogP contribution in [0.25, 0.3) is 0 Å². The summed E-state index contributed by atoms with van der Waals surface area (Å²) in [6, 6.07) is 0. The van der Waals surface area contributed by atoms with E-state index in [1.54, 1.807) is 0 Å². The van der Waals surface area contributed by atoms with Crippen molar-refractivity contribution >= 4 is 13.0 Å². The molecule has 0 aromatic carbocycles. The van der Waals surface area contributed by atoms with Gasteiger partial charge in [0.25, 0.3) is 0 Å².